The van der Waals surface area contributed by atoms with Gasteiger partial charge in [-0.25, -0.2) is 4.79 Å². The SMILES string of the molecule is Cc1ccc(OC(=O)C=Cc2cccc3ccccc23)cc1C. The number of carbonyl (C=O) groups excluding carboxylic acids is 1. The van der Waals surface area contributed by atoms with Crippen LogP contribution in [0.4, 0.5) is 0 Å². The number of hydrogen-bond donors (Lipinski definition) is 0. The Kier molecular flexibility index (Phi) is 4.24. The van der Waals surface area contributed by atoms with E-state index in [0.29, 0.717) is 5.75 Å². The van der Waals surface area contributed by atoms with E-state index in [2.05, 4.69) is 12.1 Å². The summed E-state index contributed by atoms with van der Waals surface area (Å²) in [6.07, 6.45) is 3.27. The van der Waals surface area contributed by atoms with Crippen LogP contribution in [0.3, 0.4) is 0 Å². The van der Waals surface area contributed by atoms with Gasteiger partial charge in [0.05, 0.1) is 0 Å². The van der Waals surface area contributed by atoms with E-state index in [1.165, 1.54) is 11.6 Å². The van der Waals surface area contributed by atoms with Gasteiger partial charge >= 0.3 is 5.97 Å². The molecule has 0 aliphatic rings. The third-order valence-electron chi connectivity index (χ3n) is 3.92. The van der Waals surface area contributed by atoms with Gasteiger partial charge in [0.1, 0.15) is 5.75 Å². The number of ether oxygens (including phenoxy) is 1. The zero-order valence-corrected chi connectivity index (χ0v) is 13.2. The van der Waals surface area contributed by atoms with Crippen molar-refractivity contribution < 1.29 is 9.53 Å². The Morgan fingerprint density at radius 3 is 2.52 bits per heavy atom. The molecule has 0 bridgehead atoms. The van der Waals surface area contributed by atoms with Crippen LogP contribution >= 0.6 is 0 Å². The summed E-state index contributed by atoms with van der Waals surface area (Å²) >= 11 is 0. The van der Waals surface area contributed by atoms with E-state index in [1.807, 2.05) is 62.4 Å². The maximum absolute atomic E-state index is 12.0. The first kappa shape index (κ1) is 15.0. The topological polar surface area (TPSA) is 26.3 Å². The summed E-state index contributed by atoms with van der Waals surface area (Å²) < 4.78 is 5.36. The second kappa shape index (κ2) is 6.49. The van der Waals surface area contributed by atoms with Gasteiger partial charge in [-0.15, -0.1) is 0 Å². The van der Waals surface area contributed by atoms with E-state index in [0.717, 1.165) is 21.9 Å². The molecule has 3 aromatic rings. The Labute approximate surface area is 136 Å². The van der Waals surface area contributed by atoms with Crippen LogP contribution in [0.1, 0.15) is 16.7 Å². The standard InChI is InChI=1S/C21H18O2/c1-15-10-12-19(14-16(15)2)23-21(22)13-11-18-8-5-7-17-6-3-4-9-20(17)18/h3-14H,1-2H3. The summed E-state index contributed by atoms with van der Waals surface area (Å²) in [5.74, 6) is 0.196. The average molecular weight is 302 g/mol. The van der Waals surface area contributed by atoms with Gasteiger partial charge < -0.3 is 4.74 Å². The highest BCUT2D eigenvalue weighted by Gasteiger charge is 2.03. The van der Waals surface area contributed by atoms with E-state index in [1.54, 1.807) is 6.08 Å². The quantitative estimate of drug-likeness (QED) is 0.383. The average Bonchev–Trinajstić information content (AvgIpc) is 2.56. The van der Waals surface area contributed by atoms with Crippen molar-refractivity contribution in [3.05, 3.63) is 83.4 Å². The maximum Gasteiger partial charge on any atom is 0.336 e. The van der Waals surface area contributed by atoms with Crippen molar-refractivity contribution in [2.24, 2.45) is 0 Å². The van der Waals surface area contributed by atoms with Crippen molar-refractivity contribution in [3.63, 3.8) is 0 Å². The van der Waals surface area contributed by atoms with Gasteiger partial charge in [0, 0.05) is 6.08 Å². The fourth-order valence-corrected chi connectivity index (χ4v) is 2.48. The molecule has 0 atom stereocenters. The lowest BCUT2D eigenvalue weighted by atomic mass is 10.0. The van der Waals surface area contributed by atoms with Crippen LogP contribution in [0.5, 0.6) is 5.75 Å². The number of rotatable bonds is 3. The molecule has 0 fully saturated rings. The van der Waals surface area contributed by atoms with Crippen LogP contribution in [0, 0.1) is 13.8 Å². The van der Waals surface area contributed by atoms with Gasteiger partial charge in [-0.3, -0.25) is 0 Å². The summed E-state index contributed by atoms with van der Waals surface area (Å²) in [6.45, 7) is 4.03. The van der Waals surface area contributed by atoms with Gasteiger partial charge in [-0.1, -0.05) is 48.5 Å². The molecule has 0 aliphatic heterocycles. The van der Waals surface area contributed by atoms with Gasteiger partial charge in [0.2, 0.25) is 0 Å². The van der Waals surface area contributed by atoms with Gasteiger partial charge in [0.15, 0.2) is 0 Å². The lowest BCUT2D eigenvalue weighted by Crippen LogP contribution is -2.03. The Balaban J connectivity index is 1.78. The van der Waals surface area contributed by atoms with Gasteiger partial charge in [-0.05, 0) is 59.5 Å². The summed E-state index contributed by atoms with van der Waals surface area (Å²) in [6, 6.07) is 19.8. The zero-order valence-electron chi connectivity index (χ0n) is 13.2. The highest BCUT2D eigenvalue weighted by molar-refractivity contribution is 5.95. The van der Waals surface area contributed by atoms with Crippen molar-refractivity contribution >= 4 is 22.8 Å². The fraction of sp³-hybridized carbons (Fsp3) is 0.0952. The molecule has 114 valence electrons. The van der Waals surface area contributed by atoms with E-state index in [9.17, 15) is 4.79 Å². The first-order valence-corrected chi connectivity index (χ1v) is 7.58. The lowest BCUT2D eigenvalue weighted by molar-refractivity contribution is -0.128. The highest BCUT2D eigenvalue weighted by atomic mass is 16.5. The second-order valence-electron chi connectivity index (χ2n) is 5.57. The van der Waals surface area contributed by atoms with Gasteiger partial charge in [-0.2, -0.15) is 0 Å². The highest BCUT2D eigenvalue weighted by Crippen LogP contribution is 2.20. The second-order valence-corrected chi connectivity index (χ2v) is 5.57. The number of aryl methyl sites for hydroxylation is 2. The molecule has 2 heteroatoms. The smallest absolute Gasteiger partial charge is 0.336 e. The normalized spacial score (nSPS) is 11.0. The molecule has 3 aromatic carbocycles. The first-order valence-electron chi connectivity index (χ1n) is 7.58. The molecular weight excluding hydrogens is 284 g/mol. The maximum atomic E-state index is 12.0. The van der Waals surface area contributed by atoms with Crippen LogP contribution in [0.2, 0.25) is 0 Å². The Bertz CT molecular complexity index is 886. The van der Waals surface area contributed by atoms with Crippen LogP contribution in [-0.4, -0.2) is 5.97 Å². The fourth-order valence-electron chi connectivity index (χ4n) is 2.48. The lowest BCUT2D eigenvalue weighted by Gasteiger charge is -2.05. The van der Waals surface area contributed by atoms with E-state index in [4.69, 9.17) is 4.74 Å². The molecule has 0 saturated heterocycles. The largest absolute Gasteiger partial charge is 0.423 e. The summed E-state index contributed by atoms with van der Waals surface area (Å²) in [7, 11) is 0. The summed E-state index contributed by atoms with van der Waals surface area (Å²) in [5.41, 5.74) is 3.28. The van der Waals surface area contributed by atoms with Crippen molar-refractivity contribution in [2.75, 3.05) is 0 Å². The number of hydrogen-bond acceptors (Lipinski definition) is 2. The van der Waals surface area contributed by atoms with Crippen LogP contribution in [-0.2, 0) is 4.79 Å². The number of esters is 1. The molecular formula is C21H18O2. The molecule has 0 N–H and O–H groups in total. The predicted molar refractivity (Wildman–Crippen MR) is 94.5 cm³/mol. The number of carbonyl (C=O) groups is 1. The van der Waals surface area contributed by atoms with Crippen LogP contribution in [0.25, 0.3) is 16.8 Å². The number of benzene rings is 3. The molecule has 0 amide bonds. The van der Waals surface area contributed by atoms with Crippen LogP contribution in [0.15, 0.2) is 66.7 Å². The molecule has 0 heterocycles. The van der Waals surface area contributed by atoms with E-state index < -0.39 is 0 Å². The molecule has 2 nitrogen and oxygen atoms in total. The van der Waals surface area contributed by atoms with E-state index in [-0.39, 0.29) is 5.97 Å². The molecule has 0 spiro atoms. The molecule has 23 heavy (non-hydrogen) atoms. The van der Waals surface area contributed by atoms with Crippen molar-refractivity contribution in [1.29, 1.82) is 0 Å². The third kappa shape index (κ3) is 3.49. The molecule has 0 radical (unpaired) electrons. The molecule has 3 rings (SSSR count). The summed E-state index contributed by atoms with van der Waals surface area (Å²) in [4.78, 5) is 12.0. The minimum absolute atomic E-state index is 0.374. The minimum atomic E-state index is -0.374. The first-order chi connectivity index (χ1) is 11.1. The van der Waals surface area contributed by atoms with E-state index >= 15 is 0 Å². The molecule has 0 aromatic heterocycles. The van der Waals surface area contributed by atoms with Gasteiger partial charge in [0.25, 0.3) is 0 Å². The Hall–Kier alpha value is -2.87. The predicted octanol–water partition coefficient (Wildman–Crippen LogP) is 5.08. The zero-order chi connectivity index (χ0) is 16.2. The third-order valence-corrected chi connectivity index (χ3v) is 3.92. The van der Waals surface area contributed by atoms with Crippen LogP contribution < -0.4 is 4.74 Å². The van der Waals surface area contributed by atoms with Crippen molar-refractivity contribution in [2.45, 2.75) is 13.8 Å². The summed E-state index contributed by atoms with van der Waals surface area (Å²) in [5, 5.41) is 2.27. The molecule has 0 unspecified atom stereocenters. The molecule has 0 aliphatic carbocycles. The van der Waals surface area contributed by atoms with Crippen molar-refractivity contribution in [3.8, 4) is 5.75 Å². The Morgan fingerprint density at radius 1 is 0.913 bits per heavy atom. The monoisotopic (exact) mass is 302 g/mol. The molecule has 0 saturated carbocycles. The Morgan fingerprint density at radius 2 is 1.70 bits per heavy atom. The minimum Gasteiger partial charge on any atom is -0.423 e. The van der Waals surface area contributed by atoms with Crippen molar-refractivity contribution in [1.82, 2.24) is 0 Å². The number of fused-ring (bicyclic) bond motifs is 1.